The van der Waals surface area contributed by atoms with Crippen LogP contribution in [0.15, 0.2) is 12.5 Å². The van der Waals surface area contributed by atoms with E-state index in [1.54, 1.807) is 0 Å². The van der Waals surface area contributed by atoms with Gasteiger partial charge in [-0.05, 0) is 13.8 Å². The molecule has 4 nitrogen and oxygen atoms in total. The van der Waals surface area contributed by atoms with Gasteiger partial charge in [0.1, 0.15) is 0 Å². The first-order valence-corrected chi connectivity index (χ1v) is 5.97. The molecule has 0 aromatic carbocycles. The van der Waals surface area contributed by atoms with E-state index in [1.165, 1.54) is 5.69 Å². The Hall–Kier alpha value is -0.870. The lowest BCUT2D eigenvalue weighted by atomic mass is 10.3. The maximum absolute atomic E-state index is 5.43. The average molecular weight is 225 g/mol. The zero-order chi connectivity index (χ0) is 12.0. The molecule has 0 saturated carbocycles. The molecule has 1 N–H and O–H groups in total. The van der Waals surface area contributed by atoms with Crippen LogP contribution in [0.4, 0.5) is 0 Å². The van der Waals surface area contributed by atoms with E-state index in [9.17, 15) is 0 Å². The van der Waals surface area contributed by atoms with Crippen molar-refractivity contribution in [1.82, 2.24) is 14.9 Å². The number of hydrogen-bond donors (Lipinski definition) is 1. The lowest BCUT2D eigenvalue weighted by Gasteiger charge is -2.17. The molecular weight excluding hydrogens is 202 g/mol. The second-order valence-electron chi connectivity index (χ2n) is 4.34. The monoisotopic (exact) mass is 225 g/mol. The minimum absolute atomic E-state index is 0.339. The van der Waals surface area contributed by atoms with Gasteiger partial charge >= 0.3 is 0 Å². The van der Waals surface area contributed by atoms with Gasteiger partial charge in [-0.3, -0.25) is 0 Å². The van der Waals surface area contributed by atoms with Crippen LogP contribution in [0.25, 0.3) is 0 Å². The molecule has 0 amide bonds. The molecule has 1 heterocycles. The topological polar surface area (TPSA) is 39.1 Å². The van der Waals surface area contributed by atoms with Crippen LogP contribution in [0, 0.1) is 0 Å². The fourth-order valence-corrected chi connectivity index (χ4v) is 1.54. The molecule has 0 radical (unpaired) electrons. The van der Waals surface area contributed by atoms with Crippen LogP contribution in [0.2, 0.25) is 0 Å². The summed E-state index contributed by atoms with van der Waals surface area (Å²) >= 11 is 0. The molecule has 1 atom stereocenters. The van der Waals surface area contributed by atoms with E-state index in [-0.39, 0.29) is 0 Å². The van der Waals surface area contributed by atoms with Gasteiger partial charge in [-0.2, -0.15) is 0 Å². The maximum Gasteiger partial charge on any atom is 0.0951 e. The van der Waals surface area contributed by atoms with E-state index in [4.69, 9.17) is 4.74 Å². The van der Waals surface area contributed by atoms with Gasteiger partial charge in [-0.25, -0.2) is 4.98 Å². The Balaban J connectivity index is 2.55. The van der Waals surface area contributed by atoms with Crippen molar-refractivity contribution in [3.63, 3.8) is 0 Å². The van der Waals surface area contributed by atoms with Crippen molar-refractivity contribution >= 4 is 0 Å². The summed E-state index contributed by atoms with van der Waals surface area (Å²) in [6.45, 7) is 10.8. The highest BCUT2D eigenvalue weighted by molar-refractivity contribution is 5.00. The van der Waals surface area contributed by atoms with Crippen molar-refractivity contribution < 1.29 is 4.74 Å². The molecule has 0 aliphatic rings. The van der Waals surface area contributed by atoms with Gasteiger partial charge in [0.25, 0.3) is 0 Å². The zero-order valence-corrected chi connectivity index (χ0v) is 10.7. The first-order chi connectivity index (χ1) is 7.65. The molecule has 0 fully saturated rings. The van der Waals surface area contributed by atoms with Gasteiger partial charge in [-0.1, -0.05) is 13.8 Å². The Morgan fingerprint density at radius 2 is 2.19 bits per heavy atom. The summed E-state index contributed by atoms with van der Waals surface area (Å²) in [6.07, 6.45) is 3.79. The highest BCUT2D eigenvalue weighted by atomic mass is 16.5. The number of nitrogens with one attached hydrogen (secondary N) is 1. The molecule has 16 heavy (non-hydrogen) atoms. The predicted molar refractivity (Wildman–Crippen MR) is 65.4 cm³/mol. The SMILES string of the molecule is CCOCC(C)n1cncc1CNC(C)C. The Labute approximate surface area is 98.0 Å². The van der Waals surface area contributed by atoms with Crippen LogP contribution < -0.4 is 5.32 Å². The fraction of sp³-hybridized carbons (Fsp3) is 0.750. The van der Waals surface area contributed by atoms with E-state index in [1.807, 2.05) is 19.4 Å². The van der Waals surface area contributed by atoms with Crippen LogP contribution in [-0.2, 0) is 11.3 Å². The molecule has 1 aromatic rings. The van der Waals surface area contributed by atoms with Gasteiger partial charge in [-0.15, -0.1) is 0 Å². The Kier molecular flexibility index (Phi) is 5.49. The summed E-state index contributed by atoms with van der Waals surface area (Å²) in [4.78, 5) is 4.20. The van der Waals surface area contributed by atoms with E-state index in [0.717, 1.165) is 19.8 Å². The number of rotatable bonds is 7. The van der Waals surface area contributed by atoms with Gasteiger partial charge in [0.2, 0.25) is 0 Å². The first kappa shape index (κ1) is 13.2. The summed E-state index contributed by atoms with van der Waals surface area (Å²) in [5.74, 6) is 0. The highest BCUT2D eigenvalue weighted by Gasteiger charge is 2.09. The predicted octanol–water partition coefficient (Wildman–Crippen LogP) is 1.98. The van der Waals surface area contributed by atoms with Crippen molar-refractivity contribution in [3.05, 3.63) is 18.2 Å². The molecule has 1 unspecified atom stereocenters. The summed E-state index contributed by atoms with van der Waals surface area (Å²) in [5, 5.41) is 3.40. The van der Waals surface area contributed by atoms with Crippen molar-refractivity contribution in [2.45, 2.75) is 46.3 Å². The lowest BCUT2D eigenvalue weighted by Crippen LogP contribution is -2.24. The third kappa shape index (κ3) is 3.94. The number of nitrogens with zero attached hydrogens (tertiary/aromatic N) is 2. The van der Waals surface area contributed by atoms with Crippen LogP contribution in [0.3, 0.4) is 0 Å². The highest BCUT2D eigenvalue weighted by Crippen LogP contribution is 2.10. The summed E-state index contributed by atoms with van der Waals surface area (Å²) in [5.41, 5.74) is 1.21. The van der Waals surface area contributed by atoms with Crippen LogP contribution in [-0.4, -0.2) is 28.8 Å². The Bertz CT molecular complexity index is 296. The van der Waals surface area contributed by atoms with E-state index in [2.05, 4.69) is 35.6 Å². The van der Waals surface area contributed by atoms with Crippen molar-refractivity contribution in [2.24, 2.45) is 0 Å². The maximum atomic E-state index is 5.43. The molecule has 0 spiro atoms. The van der Waals surface area contributed by atoms with Crippen molar-refractivity contribution in [1.29, 1.82) is 0 Å². The third-order valence-electron chi connectivity index (χ3n) is 2.48. The smallest absolute Gasteiger partial charge is 0.0951 e. The first-order valence-electron chi connectivity index (χ1n) is 5.97. The van der Waals surface area contributed by atoms with Gasteiger partial charge in [0.05, 0.1) is 24.7 Å². The van der Waals surface area contributed by atoms with Crippen LogP contribution >= 0.6 is 0 Å². The summed E-state index contributed by atoms with van der Waals surface area (Å²) in [6, 6.07) is 0.831. The second kappa shape index (κ2) is 6.66. The van der Waals surface area contributed by atoms with Gasteiger partial charge < -0.3 is 14.6 Å². The Morgan fingerprint density at radius 3 is 2.81 bits per heavy atom. The number of hydrogen-bond acceptors (Lipinski definition) is 3. The molecule has 4 heteroatoms. The van der Waals surface area contributed by atoms with Crippen molar-refractivity contribution in [2.75, 3.05) is 13.2 Å². The minimum atomic E-state index is 0.339. The molecule has 0 saturated heterocycles. The van der Waals surface area contributed by atoms with Crippen molar-refractivity contribution in [3.8, 4) is 0 Å². The standard InChI is InChI=1S/C12H23N3O/c1-5-16-8-11(4)15-9-13-6-12(15)7-14-10(2)3/h6,9-11,14H,5,7-8H2,1-4H3. The Morgan fingerprint density at radius 1 is 1.44 bits per heavy atom. The van der Waals surface area contributed by atoms with Crippen LogP contribution in [0.5, 0.6) is 0 Å². The lowest BCUT2D eigenvalue weighted by molar-refractivity contribution is 0.118. The summed E-state index contributed by atoms with van der Waals surface area (Å²) < 4.78 is 7.60. The summed E-state index contributed by atoms with van der Waals surface area (Å²) in [7, 11) is 0. The largest absolute Gasteiger partial charge is 0.380 e. The normalized spacial score (nSPS) is 13.3. The molecule has 0 bridgehead atoms. The fourth-order valence-electron chi connectivity index (χ4n) is 1.54. The molecule has 0 aliphatic carbocycles. The molecule has 1 rings (SSSR count). The minimum Gasteiger partial charge on any atom is -0.380 e. The number of imidazole rings is 1. The van der Waals surface area contributed by atoms with Crippen LogP contribution in [0.1, 0.15) is 39.4 Å². The van der Waals surface area contributed by atoms with Gasteiger partial charge in [0.15, 0.2) is 0 Å². The van der Waals surface area contributed by atoms with E-state index < -0.39 is 0 Å². The molecule has 0 aliphatic heterocycles. The van der Waals surface area contributed by atoms with E-state index in [0.29, 0.717) is 12.1 Å². The number of aromatic nitrogens is 2. The second-order valence-corrected chi connectivity index (χ2v) is 4.34. The quantitative estimate of drug-likeness (QED) is 0.771. The zero-order valence-electron chi connectivity index (χ0n) is 10.7. The molecule has 92 valence electrons. The number of ether oxygens (including phenoxy) is 1. The van der Waals surface area contributed by atoms with Gasteiger partial charge in [0, 0.05) is 25.4 Å². The molecular formula is C12H23N3O. The van der Waals surface area contributed by atoms with E-state index >= 15 is 0 Å². The average Bonchev–Trinajstić information content (AvgIpc) is 2.71. The third-order valence-corrected chi connectivity index (χ3v) is 2.48. The molecule has 1 aromatic heterocycles.